The fourth-order valence-corrected chi connectivity index (χ4v) is 4.93. The Morgan fingerprint density at radius 3 is 2.51 bits per heavy atom. The third-order valence-electron chi connectivity index (χ3n) is 6.20. The Balaban J connectivity index is 1.52. The third kappa shape index (κ3) is 6.99. The molecule has 1 N–H and O–H groups in total. The highest BCUT2D eigenvalue weighted by atomic mass is 32.1. The number of thiophene rings is 1. The van der Waals surface area contributed by atoms with E-state index >= 15 is 0 Å². The normalized spacial score (nSPS) is 11.0. The molecule has 4 aromatic rings. The van der Waals surface area contributed by atoms with Gasteiger partial charge < -0.3 is 24.3 Å². The molecule has 2 amide bonds. The lowest BCUT2D eigenvalue weighted by Crippen LogP contribution is -2.44. The highest BCUT2D eigenvalue weighted by molar-refractivity contribution is 7.12. The molecule has 0 fully saturated rings. The second kappa shape index (κ2) is 13.1. The van der Waals surface area contributed by atoms with Crippen LogP contribution in [0.1, 0.15) is 27.7 Å². The number of para-hydroxylation sites is 1. The molecule has 8 heteroatoms. The number of ether oxygens (including phenoxy) is 2. The molecular formula is C29H33N3O4S. The third-order valence-corrected chi connectivity index (χ3v) is 7.05. The monoisotopic (exact) mass is 519 g/mol. The molecule has 0 radical (unpaired) electrons. The van der Waals surface area contributed by atoms with Gasteiger partial charge in [0.05, 0.1) is 18.1 Å². The molecule has 0 bridgehead atoms. The first-order chi connectivity index (χ1) is 18.1. The van der Waals surface area contributed by atoms with Gasteiger partial charge in [0.2, 0.25) is 5.91 Å². The fraction of sp³-hybridized carbons (Fsp3) is 0.310. The lowest BCUT2D eigenvalue weighted by atomic mass is 10.1. The molecule has 0 saturated heterocycles. The van der Waals surface area contributed by atoms with Crippen molar-refractivity contribution in [2.24, 2.45) is 0 Å². The maximum absolute atomic E-state index is 13.6. The van der Waals surface area contributed by atoms with Crippen LogP contribution in [0.25, 0.3) is 10.9 Å². The van der Waals surface area contributed by atoms with Gasteiger partial charge in [-0.05, 0) is 54.1 Å². The topological polar surface area (TPSA) is 74.9 Å². The van der Waals surface area contributed by atoms with Crippen LogP contribution in [0.5, 0.6) is 5.75 Å². The minimum atomic E-state index is -0.155. The number of aromatic nitrogens is 1. The van der Waals surface area contributed by atoms with Crippen LogP contribution < -0.4 is 4.74 Å². The van der Waals surface area contributed by atoms with Crippen molar-refractivity contribution in [2.45, 2.75) is 19.9 Å². The Kier molecular flexibility index (Phi) is 9.35. The van der Waals surface area contributed by atoms with E-state index in [1.807, 2.05) is 71.9 Å². The molecule has 4 rings (SSSR count). The van der Waals surface area contributed by atoms with Crippen molar-refractivity contribution in [3.05, 3.63) is 88.2 Å². The van der Waals surface area contributed by atoms with Crippen molar-refractivity contribution in [3.8, 4) is 5.75 Å². The SMILES string of the molecule is CCOc1ccc(CN(CCc2c[nH]c3ccccc23)C(=O)CN(CCOC)C(=O)c2cccs2)cc1. The number of fused-ring (bicyclic) bond motifs is 1. The molecule has 0 atom stereocenters. The molecule has 2 aromatic heterocycles. The van der Waals surface area contributed by atoms with Gasteiger partial charge in [0, 0.05) is 43.8 Å². The first kappa shape index (κ1) is 26.4. The molecule has 7 nitrogen and oxygen atoms in total. The molecule has 0 aliphatic carbocycles. The van der Waals surface area contributed by atoms with E-state index in [1.54, 1.807) is 18.1 Å². The summed E-state index contributed by atoms with van der Waals surface area (Å²) in [6.07, 6.45) is 2.71. The van der Waals surface area contributed by atoms with E-state index in [2.05, 4.69) is 11.1 Å². The smallest absolute Gasteiger partial charge is 0.264 e. The van der Waals surface area contributed by atoms with E-state index in [0.29, 0.717) is 44.1 Å². The number of benzene rings is 2. The van der Waals surface area contributed by atoms with E-state index in [-0.39, 0.29) is 18.4 Å². The first-order valence-corrected chi connectivity index (χ1v) is 13.3. The van der Waals surface area contributed by atoms with Gasteiger partial charge in [-0.1, -0.05) is 36.4 Å². The fourth-order valence-electron chi connectivity index (χ4n) is 4.24. The second-order valence-electron chi connectivity index (χ2n) is 8.70. The average molecular weight is 520 g/mol. The van der Waals surface area contributed by atoms with Crippen molar-refractivity contribution < 1.29 is 19.1 Å². The lowest BCUT2D eigenvalue weighted by Gasteiger charge is -2.27. The van der Waals surface area contributed by atoms with Crippen LogP contribution >= 0.6 is 11.3 Å². The number of hydrogen-bond donors (Lipinski definition) is 1. The Labute approximate surface area is 221 Å². The number of carbonyl (C=O) groups excluding carboxylic acids is 2. The zero-order valence-corrected chi connectivity index (χ0v) is 22.1. The van der Waals surface area contributed by atoms with Crippen LogP contribution in [-0.4, -0.2) is 66.6 Å². The number of methoxy groups -OCH3 is 1. The Morgan fingerprint density at radius 2 is 1.78 bits per heavy atom. The standard InChI is InChI=1S/C29H33N3O4S/c1-3-36-24-12-10-22(11-13-24)20-31(15-14-23-19-30-26-8-5-4-7-25(23)26)28(33)21-32(16-17-35-2)29(34)27-9-6-18-37-27/h4-13,18-19,30H,3,14-17,20-21H2,1-2H3. The molecule has 2 aromatic carbocycles. The van der Waals surface area contributed by atoms with E-state index < -0.39 is 0 Å². The van der Waals surface area contributed by atoms with Gasteiger partial charge in [-0.25, -0.2) is 0 Å². The number of nitrogens with one attached hydrogen (secondary N) is 1. The summed E-state index contributed by atoms with van der Waals surface area (Å²) in [5.41, 5.74) is 3.24. The van der Waals surface area contributed by atoms with Crippen molar-refractivity contribution in [1.29, 1.82) is 0 Å². The number of amides is 2. The molecule has 194 valence electrons. The second-order valence-corrected chi connectivity index (χ2v) is 9.65. The zero-order valence-electron chi connectivity index (χ0n) is 21.3. The Morgan fingerprint density at radius 1 is 0.973 bits per heavy atom. The first-order valence-electron chi connectivity index (χ1n) is 12.4. The molecule has 0 spiro atoms. The summed E-state index contributed by atoms with van der Waals surface area (Å²) >= 11 is 1.37. The summed E-state index contributed by atoms with van der Waals surface area (Å²) in [5, 5.41) is 3.02. The maximum Gasteiger partial charge on any atom is 0.264 e. The van der Waals surface area contributed by atoms with Gasteiger partial charge >= 0.3 is 0 Å². The maximum atomic E-state index is 13.6. The lowest BCUT2D eigenvalue weighted by molar-refractivity contribution is -0.132. The number of nitrogens with zero attached hydrogens (tertiary/aromatic N) is 2. The van der Waals surface area contributed by atoms with Crippen LogP contribution in [0.3, 0.4) is 0 Å². The Hall–Kier alpha value is -3.62. The number of rotatable bonds is 13. The van der Waals surface area contributed by atoms with E-state index in [4.69, 9.17) is 9.47 Å². The minimum Gasteiger partial charge on any atom is -0.494 e. The van der Waals surface area contributed by atoms with Gasteiger partial charge in [-0.2, -0.15) is 0 Å². The summed E-state index contributed by atoms with van der Waals surface area (Å²) in [6.45, 7) is 4.22. The number of aromatic amines is 1. The summed E-state index contributed by atoms with van der Waals surface area (Å²) < 4.78 is 10.8. The summed E-state index contributed by atoms with van der Waals surface area (Å²) in [6, 6.07) is 19.6. The van der Waals surface area contributed by atoms with Crippen molar-refractivity contribution in [3.63, 3.8) is 0 Å². The molecule has 0 aliphatic heterocycles. The largest absolute Gasteiger partial charge is 0.494 e. The van der Waals surface area contributed by atoms with Crippen LogP contribution in [-0.2, 0) is 22.5 Å². The quantitative estimate of drug-likeness (QED) is 0.270. The molecule has 2 heterocycles. The molecule has 0 saturated carbocycles. The van der Waals surface area contributed by atoms with Crippen LogP contribution in [0.15, 0.2) is 72.2 Å². The van der Waals surface area contributed by atoms with Crippen molar-refractivity contribution >= 4 is 34.1 Å². The number of H-pyrrole nitrogens is 1. The highest BCUT2D eigenvalue weighted by Crippen LogP contribution is 2.20. The van der Waals surface area contributed by atoms with Crippen molar-refractivity contribution in [2.75, 3.05) is 40.0 Å². The summed E-state index contributed by atoms with van der Waals surface area (Å²) in [4.78, 5) is 34.1. The highest BCUT2D eigenvalue weighted by Gasteiger charge is 2.23. The van der Waals surface area contributed by atoms with E-state index in [0.717, 1.165) is 27.8 Å². The number of hydrogen-bond acceptors (Lipinski definition) is 5. The Bertz CT molecular complexity index is 1280. The van der Waals surface area contributed by atoms with E-state index in [9.17, 15) is 9.59 Å². The summed E-state index contributed by atoms with van der Waals surface area (Å²) in [5.74, 6) is 0.544. The van der Waals surface area contributed by atoms with Gasteiger partial charge in [-0.3, -0.25) is 9.59 Å². The number of carbonyl (C=O) groups is 2. The average Bonchev–Trinajstić information content (AvgIpc) is 3.60. The molecule has 0 aliphatic rings. The predicted molar refractivity (Wildman–Crippen MR) is 147 cm³/mol. The van der Waals surface area contributed by atoms with Crippen LogP contribution in [0.4, 0.5) is 0 Å². The van der Waals surface area contributed by atoms with Crippen LogP contribution in [0, 0.1) is 0 Å². The van der Waals surface area contributed by atoms with Crippen molar-refractivity contribution in [1.82, 2.24) is 14.8 Å². The van der Waals surface area contributed by atoms with Gasteiger partial charge in [0.15, 0.2) is 0 Å². The predicted octanol–water partition coefficient (Wildman–Crippen LogP) is 4.99. The van der Waals surface area contributed by atoms with Gasteiger partial charge in [-0.15, -0.1) is 11.3 Å². The zero-order chi connectivity index (χ0) is 26.0. The molecule has 0 unspecified atom stereocenters. The summed E-state index contributed by atoms with van der Waals surface area (Å²) in [7, 11) is 1.59. The molecule has 37 heavy (non-hydrogen) atoms. The van der Waals surface area contributed by atoms with Gasteiger partial charge in [0.1, 0.15) is 12.3 Å². The van der Waals surface area contributed by atoms with Crippen LogP contribution in [0.2, 0.25) is 0 Å². The van der Waals surface area contributed by atoms with E-state index in [1.165, 1.54) is 11.3 Å². The minimum absolute atomic E-state index is 0.00892. The van der Waals surface area contributed by atoms with Gasteiger partial charge in [0.25, 0.3) is 5.91 Å². The molecular weight excluding hydrogens is 486 g/mol.